The minimum absolute atomic E-state index is 0.111. The van der Waals surface area contributed by atoms with Gasteiger partial charge in [0.15, 0.2) is 0 Å². The smallest absolute Gasteiger partial charge is 0.253 e. The molecule has 110 valence electrons. The Morgan fingerprint density at radius 2 is 2.25 bits per heavy atom. The van der Waals surface area contributed by atoms with Gasteiger partial charge < -0.3 is 15.5 Å². The van der Waals surface area contributed by atoms with Gasteiger partial charge in [-0.05, 0) is 49.8 Å². The second kappa shape index (κ2) is 7.26. The van der Waals surface area contributed by atoms with Crippen LogP contribution in [0.25, 0.3) is 0 Å². The van der Waals surface area contributed by atoms with E-state index >= 15 is 0 Å². The van der Waals surface area contributed by atoms with E-state index in [0.717, 1.165) is 24.5 Å². The molecule has 0 spiro atoms. The SMILES string of the molecule is Cc1ccc(C(=O)NCCCOCC2CC2)c(NN)c1. The van der Waals surface area contributed by atoms with E-state index < -0.39 is 0 Å². The maximum Gasteiger partial charge on any atom is 0.253 e. The van der Waals surface area contributed by atoms with Gasteiger partial charge in [0.1, 0.15) is 0 Å². The van der Waals surface area contributed by atoms with E-state index in [9.17, 15) is 4.79 Å². The summed E-state index contributed by atoms with van der Waals surface area (Å²) in [5.74, 6) is 6.11. The summed E-state index contributed by atoms with van der Waals surface area (Å²) in [5.41, 5.74) is 4.83. The third-order valence-electron chi connectivity index (χ3n) is 3.38. The first-order chi connectivity index (χ1) is 9.70. The fourth-order valence-corrected chi connectivity index (χ4v) is 1.98. The molecule has 1 saturated carbocycles. The summed E-state index contributed by atoms with van der Waals surface area (Å²) in [5, 5.41) is 2.88. The van der Waals surface area contributed by atoms with Crippen molar-refractivity contribution in [1.29, 1.82) is 0 Å². The Labute approximate surface area is 119 Å². The number of carbonyl (C=O) groups is 1. The molecule has 1 amide bonds. The Bertz CT molecular complexity index is 458. The molecule has 0 aliphatic heterocycles. The predicted molar refractivity (Wildman–Crippen MR) is 79.5 cm³/mol. The lowest BCUT2D eigenvalue weighted by Crippen LogP contribution is -2.27. The Morgan fingerprint density at radius 3 is 2.95 bits per heavy atom. The van der Waals surface area contributed by atoms with Gasteiger partial charge in [-0.2, -0.15) is 0 Å². The predicted octanol–water partition coefficient (Wildman–Crippen LogP) is 1.83. The maximum absolute atomic E-state index is 12.0. The van der Waals surface area contributed by atoms with Crippen molar-refractivity contribution in [3.8, 4) is 0 Å². The van der Waals surface area contributed by atoms with Crippen molar-refractivity contribution >= 4 is 11.6 Å². The number of nitrogen functional groups attached to an aromatic ring is 1. The number of ether oxygens (including phenoxy) is 1. The molecule has 1 fully saturated rings. The van der Waals surface area contributed by atoms with Crippen molar-refractivity contribution in [2.75, 3.05) is 25.2 Å². The number of nitrogens with two attached hydrogens (primary N) is 1. The summed E-state index contributed by atoms with van der Waals surface area (Å²) in [4.78, 5) is 12.0. The number of aryl methyl sites for hydroxylation is 1. The highest BCUT2D eigenvalue weighted by molar-refractivity contribution is 5.99. The summed E-state index contributed by atoms with van der Waals surface area (Å²) in [6, 6.07) is 5.53. The van der Waals surface area contributed by atoms with Crippen LogP contribution >= 0.6 is 0 Å². The molecule has 5 heteroatoms. The van der Waals surface area contributed by atoms with Crippen molar-refractivity contribution in [3.05, 3.63) is 29.3 Å². The summed E-state index contributed by atoms with van der Waals surface area (Å²) >= 11 is 0. The number of hydrogen-bond donors (Lipinski definition) is 3. The Morgan fingerprint density at radius 1 is 1.45 bits per heavy atom. The summed E-state index contributed by atoms with van der Waals surface area (Å²) in [6.45, 7) is 4.14. The minimum Gasteiger partial charge on any atom is -0.381 e. The van der Waals surface area contributed by atoms with E-state index in [-0.39, 0.29) is 5.91 Å². The molecule has 0 heterocycles. The molecule has 1 aromatic carbocycles. The van der Waals surface area contributed by atoms with Crippen LogP contribution in [0.1, 0.15) is 35.2 Å². The third kappa shape index (κ3) is 4.51. The van der Waals surface area contributed by atoms with E-state index in [1.807, 2.05) is 19.1 Å². The van der Waals surface area contributed by atoms with E-state index in [2.05, 4.69) is 10.7 Å². The van der Waals surface area contributed by atoms with Crippen LogP contribution in [0, 0.1) is 12.8 Å². The van der Waals surface area contributed by atoms with Gasteiger partial charge in [0.25, 0.3) is 5.91 Å². The Balaban J connectivity index is 1.70. The van der Waals surface area contributed by atoms with Crippen molar-refractivity contribution in [3.63, 3.8) is 0 Å². The average Bonchev–Trinajstić information content (AvgIpc) is 3.26. The van der Waals surface area contributed by atoms with Crippen molar-refractivity contribution in [2.45, 2.75) is 26.2 Å². The summed E-state index contributed by atoms with van der Waals surface area (Å²) < 4.78 is 5.52. The van der Waals surface area contributed by atoms with Gasteiger partial charge >= 0.3 is 0 Å². The van der Waals surface area contributed by atoms with Crippen LogP contribution in [0.2, 0.25) is 0 Å². The van der Waals surface area contributed by atoms with Crippen molar-refractivity contribution < 1.29 is 9.53 Å². The summed E-state index contributed by atoms with van der Waals surface area (Å²) in [6.07, 6.45) is 3.44. The van der Waals surface area contributed by atoms with Crippen LogP contribution in [-0.2, 0) is 4.74 Å². The average molecular weight is 277 g/mol. The second-order valence-electron chi connectivity index (χ2n) is 5.32. The normalized spacial score (nSPS) is 14.1. The third-order valence-corrected chi connectivity index (χ3v) is 3.38. The largest absolute Gasteiger partial charge is 0.381 e. The standard InChI is InChI=1S/C15H23N3O2/c1-11-3-6-13(14(9-11)18-16)15(19)17-7-2-8-20-10-12-4-5-12/h3,6,9,12,18H,2,4-5,7-8,10,16H2,1H3,(H,17,19). The van der Waals surface area contributed by atoms with E-state index in [0.29, 0.717) is 24.4 Å². The van der Waals surface area contributed by atoms with Crippen LogP contribution in [0.15, 0.2) is 18.2 Å². The first kappa shape index (κ1) is 14.8. The lowest BCUT2D eigenvalue weighted by atomic mass is 10.1. The molecule has 1 aliphatic carbocycles. The van der Waals surface area contributed by atoms with Gasteiger partial charge in [-0.3, -0.25) is 10.6 Å². The van der Waals surface area contributed by atoms with Gasteiger partial charge in [-0.1, -0.05) is 6.07 Å². The molecule has 0 bridgehead atoms. The highest BCUT2D eigenvalue weighted by atomic mass is 16.5. The first-order valence-corrected chi connectivity index (χ1v) is 7.14. The molecule has 0 saturated heterocycles. The molecule has 20 heavy (non-hydrogen) atoms. The van der Waals surface area contributed by atoms with Gasteiger partial charge in [0.2, 0.25) is 0 Å². The minimum atomic E-state index is -0.111. The molecule has 1 aromatic rings. The zero-order valence-electron chi connectivity index (χ0n) is 11.9. The zero-order valence-corrected chi connectivity index (χ0v) is 11.9. The Kier molecular flexibility index (Phi) is 5.38. The highest BCUT2D eigenvalue weighted by Crippen LogP contribution is 2.28. The lowest BCUT2D eigenvalue weighted by Gasteiger charge is -2.10. The molecular weight excluding hydrogens is 254 g/mol. The van der Waals surface area contributed by atoms with Crippen molar-refractivity contribution in [1.82, 2.24) is 5.32 Å². The number of nitrogens with one attached hydrogen (secondary N) is 2. The van der Waals surface area contributed by atoms with Crippen LogP contribution in [-0.4, -0.2) is 25.7 Å². The molecule has 0 atom stereocenters. The van der Waals surface area contributed by atoms with E-state index in [1.165, 1.54) is 12.8 Å². The molecule has 0 radical (unpaired) electrons. The number of benzene rings is 1. The highest BCUT2D eigenvalue weighted by Gasteiger charge is 2.20. The number of hydrogen-bond acceptors (Lipinski definition) is 4. The quantitative estimate of drug-likeness (QED) is 0.385. The number of anilines is 1. The van der Waals surface area contributed by atoms with Crippen LogP contribution < -0.4 is 16.6 Å². The summed E-state index contributed by atoms with van der Waals surface area (Å²) in [7, 11) is 0. The monoisotopic (exact) mass is 277 g/mol. The number of hydrazine groups is 1. The second-order valence-corrected chi connectivity index (χ2v) is 5.32. The lowest BCUT2D eigenvalue weighted by molar-refractivity contribution is 0.0938. The van der Waals surface area contributed by atoms with Crippen LogP contribution in [0.4, 0.5) is 5.69 Å². The zero-order chi connectivity index (χ0) is 14.4. The molecule has 0 aromatic heterocycles. The topological polar surface area (TPSA) is 76.4 Å². The first-order valence-electron chi connectivity index (χ1n) is 7.14. The fourth-order valence-electron chi connectivity index (χ4n) is 1.98. The van der Waals surface area contributed by atoms with Gasteiger partial charge in [0, 0.05) is 19.8 Å². The van der Waals surface area contributed by atoms with Gasteiger partial charge in [-0.25, -0.2) is 0 Å². The molecule has 5 nitrogen and oxygen atoms in total. The van der Waals surface area contributed by atoms with Crippen LogP contribution in [0.5, 0.6) is 0 Å². The number of amides is 1. The van der Waals surface area contributed by atoms with Gasteiger partial charge in [0.05, 0.1) is 11.3 Å². The molecular formula is C15H23N3O2. The Hall–Kier alpha value is -1.59. The van der Waals surface area contributed by atoms with E-state index in [1.54, 1.807) is 6.07 Å². The van der Waals surface area contributed by atoms with E-state index in [4.69, 9.17) is 10.6 Å². The molecule has 4 N–H and O–H groups in total. The molecule has 1 aliphatic rings. The number of carbonyl (C=O) groups excluding carboxylic acids is 1. The molecule has 2 rings (SSSR count). The molecule has 0 unspecified atom stereocenters. The number of rotatable bonds is 8. The van der Waals surface area contributed by atoms with Crippen molar-refractivity contribution in [2.24, 2.45) is 11.8 Å². The fraction of sp³-hybridized carbons (Fsp3) is 0.533. The van der Waals surface area contributed by atoms with Crippen LogP contribution in [0.3, 0.4) is 0 Å². The van der Waals surface area contributed by atoms with Gasteiger partial charge in [-0.15, -0.1) is 0 Å². The maximum atomic E-state index is 12.0.